The monoisotopic (exact) mass is 411 g/mol. The van der Waals surface area contributed by atoms with Gasteiger partial charge in [0, 0.05) is 24.4 Å². The highest BCUT2D eigenvalue weighted by Gasteiger charge is 2.29. The Labute approximate surface area is 182 Å². The number of hydrogen-bond donors (Lipinski definition) is 0. The van der Waals surface area contributed by atoms with Crippen molar-refractivity contribution in [2.45, 2.75) is 25.3 Å². The summed E-state index contributed by atoms with van der Waals surface area (Å²) in [5.41, 5.74) is 6.91. The molecular weight excluding hydrogens is 386 g/mol. The van der Waals surface area contributed by atoms with E-state index < -0.39 is 0 Å². The first-order chi connectivity index (χ1) is 15.1. The van der Waals surface area contributed by atoms with Crippen LogP contribution in [0.1, 0.15) is 29.5 Å². The third-order valence-electron chi connectivity index (χ3n) is 6.34. The largest absolute Gasteiger partial charge is 0.464 e. The van der Waals surface area contributed by atoms with E-state index in [-0.39, 0.29) is 18.1 Å². The molecule has 1 aromatic heterocycles. The smallest absolute Gasteiger partial charge is 0.409 e. The number of rotatable bonds is 5. The minimum absolute atomic E-state index is 0.00284. The summed E-state index contributed by atoms with van der Waals surface area (Å²) in [6.07, 6.45) is 2.13. The van der Waals surface area contributed by atoms with Crippen LogP contribution in [0.15, 0.2) is 83.5 Å². The topological polar surface area (TPSA) is 42.7 Å². The lowest BCUT2D eigenvalue weighted by molar-refractivity contribution is 0.0970. The number of fused-ring (bicyclic) bond motifs is 4. The molecule has 31 heavy (non-hydrogen) atoms. The molecule has 0 spiro atoms. The quantitative estimate of drug-likeness (QED) is 0.390. The van der Waals surface area contributed by atoms with Crippen molar-refractivity contribution in [3.05, 3.63) is 95.7 Å². The lowest BCUT2D eigenvalue weighted by atomic mass is 9.98. The van der Waals surface area contributed by atoms with E-state index in [1.54, 1.807) is 18.2 Å². The fourth-order valence-electron chi connectivity index (χ4n) is 4.48. The van der Waals surface area contributed by atoms with Gasteiger partial charge in [-0.15, -0.1) is 0 Å². The average Bonchev–Trinajstić information content (AvgIpc) is 3.39. The maximum atomic E-state index is 12.8. The number of furan rings is 1. The molecule has 4 heteroatoms. The molecule has 0 fully saturated rings. The van der Waals surface area contributed by atoms with Gasteiger partial charge in [-0.05, 0) is 53.3 Å². The molecule has 0 unspecified atom stereocenters. The minimum atomic E-state index is -0.298. The highest BCUT2D eigenvalue weighted by atomic mass is 16.6. The Kier molecular flexibility index (Phi) is 4.99. The molecule has 0 N–H and O–H groups in total. The fourth-order valence-corrected chi connectivity index (χ4v) is 4.48. The maximum absolute atomic E-state index is 12.8. The zero-order valence-electron chi connectivity index (χ0n) is 17.7. The standard InChI is InChI=1S/C27H25NO3/c1-18(15-19-11-12-20-13-14-30-26(20)16-19)28(2)27(29)31-17-25-23-9-5-3-7-21(23)22-8-4-6-10-24(22)25/h3-14,16,18,25H,15,17H2,1-2H3/t18-/m1/s1. The van der Waals surface area contributed by atoms with Crippen LogP contribution >= 0.6 is 0 Å². The van der Waals surface area contributed by atoms with Gasteiger partial charge in [0.25, 0.3) is 0 Å². The van der Waals surface area contributed by atoms with Gasteiger partial charge < -0.3 is 14.1 Å². The van der Waals surface area contributed by atoms with Crippen LogP contribution in [0.4, 0.5) is 4.79 Å². The van der Waals surface area contributed by atoms with E-state index in [2.05, 4.69) is 42.5 Å². The molecule has 1 atom stereocenters. The molecule has 156 valence electrons. The van der Waals surface area contributed by atoms with Crippen LogP contribution in [0.5, 0.6) is 0 Å². The van der Waals surface area contributed by atoms with Crippen LogP contribution in [-0.2, 0) is 11.2 Å². The van der Waals surface area contributed by atoms with Crippen molar-refractivity contribution in [2.24, 2.45) is 0 Å². The summed E-state index contributed by atoms with van der Waals surface area (Å²) in [5.74, 6) is 0.0708. The molecule has 5 rings (SSSR count). The van der Waals surface area contributed by atoms with Crippen LogP contribution in [0.2, 0.25) is 0 Å². The second-order valence-corrected chi connectivity index (χ2v) is 8.26. The predicted octanol–water partition coefficient (Wildman–Crippen LogP) is 6.24. The summed E-state index contributed by atoms with van der Waals surface area (Å²) >= 11 is 0. The summed E-state index contributed by atoms with van der Waals surface area (Å²) in [5, 5.41) is 1.08. The Morgan fingerprint density at radius 2 is 1.68 bits per heavy atom. The Balaban J connectivity index is 1.26. The minimum Gasteiger partial charge on any atom is -0.464 e. The first kappa shape index (κ1) is 19.4. The van der Waals surface area contributed by atoms with Crippen molar-refractivity contribution in [2.75, 3.05) is 13.7 Å². The van der Waals surface area contributed by atoms with Crippen LogP contribution in [0, 0.1) is 0 Å². The van der Waals surface area contributed by atoms with E-state index in [1.807, 2.05) is 37.3 Å². The molecule has 1 aliphatic carbocycles. The lowest BCUT2D eigenvalue weighted by Crippen LogP contribution is -2.37. The normalized spacial score (nSPS) is 13.6. The van der Waals surface area contributed by atoms with Gasteiger partial charge in [-0.3, -0.25) is 0 Å². The second kappa shape index (κ2) is 7.95. The van der Waals surface area contributed by atoms with Gasteiger partial charge in [0.1, 0.15) is 12.2 Å². The average molecular weight is 412 g/mol. The van der Waals surface area contributed by atoms with Gasteiger partial charge in [-0.1, -0.05) is 60.7 Å². The lowest BCUT2D eigenvalue weighted by Gasteiger charge is -2.25. The molecule has 4 aromatic rings. The van der Waals surface area contributed by atoms with Gasteiger partial charge in [-0.25, -0.2) is 4.79 Å². The van der Waals surface area contributed by atoms with Gasteiger partial charge in [0.15, 0.2) is 0 Å². The van der Waals surface area contributed by atoms with Crippen molar-refractivity contribution in [1.29, 1.82) is 0 Å². The maximum Gasteiger partial charge on any atom is 0.409 e. The highest BCUT2D eigenvalue weighted by molar-refractivity contribution is 5.79. The summed E-state index contributed by atoms with van der Waals surface area (Å²) in [6.45, 7) is 2.37. The number of carbonyl (C=O) groups is 1. The first-order valence-electron chi connectivity index (χ1n) is 10.7. The van der Waals surface area contributed by atoms with Gasteiger partial charge in [0.05, 0.1) is 6.26 Å². The molecular formula is C27H25NO3. The molecule has 0 saturated carbocycles. The van der Waals surface area contributed by atoms with E-state index >= 15 is 0 Å². The number of nitrogens with zero attached hydrogens (tertiary/aromatic N) is 1. The number of hydrogen-bond acceptors (Lipinski definition) is 3. The molecule has 4 nitrogen and oxygen atoms in total. The zero-order chi connectivity index (χ0) is 21.4. The van der Waals surface area contributed by atoms with Gasteiger partial charge in [-0.2, -0.15) is 0 Å². The van der Waals surface area contributed by atoms with E-state index in [0.29, 0.717) is 6.61 Å². The molecule has 1 heterocycles. The molecule has 0 aliphatic heterocycles. The summed E-state index contributed by atoms with van der Waals surface area (Å²) in [7, 11) is 1.80. The SMILES string of the molecule is C[C@H](Cc1ccc2ccoc2c1)N(C)C(=O)OCC1c2ccccc2-c2ccccc21. The summed E-state index contributed by atoms with van der Waals surface area (Å²) in [6, 6.07) is 24.9. The van der Waals surface area contributed by atoms with Crippen LogP contribution < -0.4 is 0 Å². The van der Waals surface area contributed by atoms with E-state index in [9.17, 15) is 4.79 Å². The number of ether oxygens (including phenoxy) is 1. The number of carbonyl (C=O) groups excluding carboxylic acids is 1. The van der Waals surface area contributed by atoms with Crippen LogP contribution in [0.25, 0.3) is 22.1 Å². The highest BCUT2D eigenvalue weighted by Crippen LogP contribution is 2.44. The molecule has 1 amide bonds. The first-order valence-corrected chi connectivity index (χ1v) is 10.7. The third kappa shape index (κ3) is 3.59. The van der Waals surface area contributed by atoms with Crippen LogP contribution in [0.3, 0.4) is 0 Å². The molecule has 3 aromatic carbocycles. The van der Waals surface area contributed by atoms with Crippen molar-refractivity contribution < 1.29 is 13.9 Å². The Hall–Kier alpha value is -3.53. The van der Waals surface area contributed by atoms with Gasteiger partial charge >= 0.3 is 6.09 Å². The van der Waals surface area contributed by atoms with Crippen molar-refractivity contribution >= 4 is 17.1 Å². The zero-order valence-corrected chi connectivity index (χ0v) is 17.7. The fraction of sp³-hybridized carbons (Fsp3) is 0.222. The van der Waals surface area contributed by atoms with Crippen molar-refractivity contribution in [1.82, 2.24) is 4.90 Å². The summed E-state index contributed by atoms with van der Waals surface area (Å²) in [4.78, 5) is 14.5. The van der Waals surface area contributed by atoms with Crippen LogP contribution in [-0.4, -0.2) is 30.7 Å². The Morgan fingerprint density at radius 3 is 2.39 bits per heavy atom. The Morgan fingerprint density at radius 1 is 1.00 bits per heavy atom. The number of likely N-dealkylation sites (N-methyl/N-ethyl adjacent to an activating group) is 1. The summed E-state index contributed by atoms with van der Waals surface area (Å²) < 4.78 is 11.3. The third-order valence-corrected chi connectivity index (χ3v) is 6.34. The van der Waals surface area contributed by atoms with E-state index in [4.69, 9.17) is 9.15 Å². The predicted molar refractivity (Wildman–Crippen MR) is 122 cm³/mol. The molecule has 0 radical (unpaired) electrons. The van der Waals surface area contributed by atoms with Crippen molar-refractivity contribution in [3.8, 4) is 11.1 Å². The Bertz CT molecular complexity index is 1200. The second-order valence-electron chi connectivity index (χ2n) is 8.26. The number of benzene rings is 3. The number of amides is 1. The van der Waals surface area contributed by atoms with Gasteiger partial charge in [0.2, 0.25) is 0 Å². The molecule has 0 saturated heterocycles. The molecule has 0 bridgehead atoms. The van der Waals surface area contributed by atoms with E-state index in [1.165, 1.54) is 22.3 Å². The molecule has 1 aliphatic rings. The van der Waals surface area contributed by atoms with E-state index in [0.717, 1.165) is 23.0 Å². The van der Waals surface area contributed by atoms with Crippen molar-refractivity contribution in [3.63, 3.8) is 0 Å².